The lowest BCUT2D eigenvalue weighted by molar-refractivity contribution is -0.123. The molecular weight excluding hydrogens is 336 g/mol. The summed E-state index contributed by atoms with van der Waals surface area (Å²) in [4.78, 5) is 24.0. The number of hydrogen-bond acceptors (Lipinski definition) is 7. The van der Waals surface area contributed by atoms with Crippen molar-refractivity contribution in [2.45, 2.75) is 24.8 Å². The molecule has 8 nitrogen and oxygen atoms in total. The van der Waals surface area contributed by atoms with Crippen LogP contribution in [0.15, 0.2) is 39.8 Å². The first-order chi connectivity index (χ1) is 11.2. The number of sulfone groups is 1. The molecule has 0 radical (unpaired) electrons. The highest BCUT2D eigenvalue weighted by molar-refractivity contribution is 7.90. The summed E-state index contributed by atoms with van der Waals surface area (Å²) >= 11 is 0. The summed E-state index contributed by atoms with van der Waals surface area (Å²) in [5, 5.41) is 6.05. The van der Waals surface area contributed by atoms with Crippen molar-refractivity contribution in [3.63, 3.8) is 0 Å². The van der Waals surface area contributed by atoms with Crippen LogP contribution in [0.5, 0.6) is 0 Å². The Bertz CT molecular complexity index is 854. The molecule has 0 spiro atoms. The van der Waals surface area contributed by atoms with Crippen molar-refractivity contribution in [1.29, 1.82) is 0 Å². The molecule has 128 valence electrons. The van der Waals surface area contributed by atoms with Gasteiger partial charge in [-0.05, 0) is 38.1 Å². The summed E-state index contributed by atoms with van der Waals surface area (Å²) < 4.78 is 32.6. The average molecular weight is 352 g/mol. The minimum atomic E-state index is -3.35. The summed E-state index contributed by atoms with van der Waals surface area (Å²) in [6.45, 7) is 3.08. The van der Waals surface area contributed by atoms with Gasteiger partial charge in [-0.3, -0.25) is 4.79 Å². The Morgan fingerprint density at radius 2 is 1.88 bits per heavy atom. The third-order valence-electron chi connectivity index (χ3n) is 3.05. The molecule has 1 heterocycles. The molecule has 0 aliphatic carbocycles. The van der Waals surface area contributed by atoms with Gasteiger partial charge in [0.1, 0.15) is 5.76 Å². The standard InChI is InChI=1S/C15H16N2O6S/c1-9-8-13(17-23-9)16-14(18)10(2)22-15(19)11-4-6-12(7-5-11)24(3,20)21/h4-8,10H,1-3H3,(H,16,17,18)/t10-/m0/s1. The van der Waals surface area contributed by atoms with Gasteiger partial charge in [-0.25, -0.2) is 13.2 Å². The number of anilines is 1. The highest BCUT2D eigenvalue weighted by atomic mass is 32.2. The van der Waals surface area contributed by atoms with E-state index in [9.17, 15) is 18.0 Å². The maximum Gasteiger partial charge on any atom is 0.338 e. The number of carbonyl (C=O) groups is 2. The van der Waals surface area contributed by atoms with Crippen LogP contribution in [-0.2, 0) is 19.4 Å². The molecule has 2 aromatic rings. The number of benzene rings is 1. The molecule has 0 bridgehead atoms. The van der Waals surface area contributed by atoms with Gasteiger partial charge < -0.3 is 14.6 Å². The summed E-state index contributed by atoms with van der Waals surface area (Å²) in [5.41, 5.74) is 0.138. The molecule has 1 amide bonds. The average Bonchev–Trinajstić information content (AvgIpc) is 2.91. The lowest BCUT2D eigenvalue weighted by Crippen LogP contribution is -2.30. The van der Waals surface area contributed by atoms with Gasteiger partial charge >= 0.3 is 5.97 Å². The predicted octanol–water partition coefficient (Wildman–Crippen LogP) is 1.57. The molecule has 0 aliphatic rings. The van der Waals surface area contributed by atoms with Crippen LogP contribution in [0.25, 0.3) is 0 Å². The second-order valence-electron chi connectivity index (χ2n) is 5.16. The summed E-state index contributed by atoms with van der Waals surface area (Å²) in [6.07, 6.45) is 0.00216. The fourth-order valence-electron chi connectivity index (χ4n) is 1.77. The fraction of sp³-hybridized carbons (Fsp3) is 0.267. The Balaban J connectivity index is 1.99. The van der Waals surface area contributed by atoms with Crippen LogP contribution in [0.3, 0.4) is 0 Å². The molecule has 0 fully saturated rings. The summed E-state index contributed by atoms with van der Waals surface area (Å²) in [5.74, 6) is -0.558. The number of aryl methyl sites for hydroxylation is 1. The predicted molar refractivity (Wildman–Crippen MR) is 84.3 cm³/mol. The van der Waals surface area contributed by atoms with E-state index in [-0.39, 0.29) is 16.3 Å². The van der Waals surface area contributed by atoms with E-state index in [0.717, 1.165) is 6.26 Å². The van der Waals surface area contributed by atoms with Gasteiger partial charge in [0.25, 0.3) is 5.91 Å². The number of nitrogens with zero attached hydrogens (tertiary/aromatic N) is 1. The van der Waals surface area contributed by atoms with Crippen LogP contribution >= 0.6 is 0 Å². The molecule has 0 saturated heterocycles. The Labute approximate surface area is 138 Å². The van der Waals surface area contributed by atoms with E-state index < -0.39 is 27.8 Å². The minimum Gasteiger partial charge on any atom is -0.449 e. The van der Waals surface area contributed by atoms with Gasteiger partial charge in [-0.2, -0.15) is 0 Å². The topological polar surface area (TPSA) is 116 Å². The van der Waals surface area contributed by atoms with Crippen LogP contribution in [0.1, 0.15) is 23.0 Å². The van der Waals surface area contributed by atoms with E-state index in [2.05, 4.69) is 10.5 Å². The van der Waals surface area contributed by atoms with Gasteiger partial charge in [0.05, 0.1) is 10.5 Å². The lowest BCUT2D eigenvalue weighted by Gasteiger charge is -2.12. The minimum absolute atomic E-state index is 0.0891. The van der Waals surface area contributed by atoms with Crippen molar-refractivity contribution in [1.82, 2.24) is 5.16 Å². The number of carbonyl (C=O) groups excluding carboxylic acids is 2. The Kier molecular flexibility index (Phi) is 5.03. The molecule has 0 unspecified atom stereocenters. The molecule has 1 aromatic heterocycles. The van der Waals surface area contributed by atoms with Crippen molar-refractivity contribution >= 4 is 27.5 Å². The van der Waals surface area contributed by atoms with Gasteiger partial charge in [0.2, 0.25) is 0 Å². The van der Waals surface area contributed by atoms with Gasteiger partial charge in [0.15, 0.2) is 21.8 Å². The van der Waals surface area contributed by atoms with Crippen molar-refractivity contribution in [2.75, 3.05) is 11.6 Å². The first-order valence-corrected chi connectivity index (χ1v) is 8.81. The molecule has 9 heteroatoms. The number of hydrogen-bond donors (Lipinski definition) is 1. The second kappa shape index (κ2) is 6.83. The van der Waals surface area contributed by atoms with Crippen LogP contribution in [0.2, 0.25) is 0 Å². The zero-order valence-electron chi connectivity index (χ0n) is 13.3. The third kappa shape index (κ3) is 4.42. The second-order valence-corrected chi connectivity index (χ2v) is 7.17. The van der Waals surface area contributed by atoms with E-state index in [1.807, 2.05) is 0 Å². The normalized spacial score (nSPS) is 12.5. The van der Waals surface area contributed by atoms with Gasteiger partial charge in [-0.1, -0.05) is 5.16 Å². The van der Waals surface area contributed by atoms with E-state index >= 15 is 0 Å². The van der Waals surface area contributed by atoms with Crippen LogP contribution in [-0.4, -0.2) is 37.8 Å². The van der Waals surface area contributed by atoms with Crippen LogP contribution in [0.4, 0.5) is 5.82 Å². The number of esters is 1. The number of amides is 1. The molecule has 1 N–H and O–H groups in total. The zero-order chi connectivity index (χ0) is 17.9. The van der Waals surface area contributed by atoms with Crippen molar-refractivity contribution in [3.8, 4) is 0 Å². The van der Waals surface area contributed by atoms with E-state index in [1.165, 1.54) is 37.3 Å². The maximum absolute atomic E-state index is 12.0. The smallest absolute Gasteiger partial charge is 0.338 e. The zero-order valence-corrected chi connectivity index (χ0v) is 14.1. The largest absolute Gasteiger partial charge is 0.449 e. The molecule has 1 atom stereocenters. The highest BCUT2D eigenvalue weighted by Gasteiger charge is 2.20. The molecule has 0 aliphatic heterocycles. The van der Waals surface area contributed by atoms with Crippen molar-refractivity contribution < 1.29 is 27.3 Å². The Hall–Kier alpha value is -2.68. The quantitative estimate of drug-likeness (QED) is 0.812. The lowest BCUT2D eigenvalue weighted by atomic mass is 10.2. The molecule has 2 rings (SSSR count). The monoisotopic (exact) mass is 352 g/mol. The molecule has 0 saturated carbocycles. The Morgan fingerprint density at radius 3 is 2.38 bits per heavy atom. The number of ether oxygens (including phenoxy) is 1. The maximum atomic E-state index is 12.0. The number of rotatable bonds is 5. The summed E-state index contributed by atoms with van der Waals surface area (Å²) in [7, 11) is -3.35. The van der Waals surface area contributed by atoms with Gasteiger partial charge in [-0.15, -0.1) is 0 Å². The molecule has 24 heavy (non-hydrogen) atoms. The van der Waals surface area contributed by atoms with E-state index in [1.54, 1.807) is 6.92 Å². The third-order valence-corrected chi connectivity index (χ3v) is 4.18. The van der Waals surface area contributed by atoms with E-state index in [0.29, 0.717) is 5.76 Å². The highest BCUT2D eigenvalue weighted by Crippen LogP contribution is 2.13. The first-order valence-electron chi connectivity index (χ1n) is 6.92. The molecular formula is C15H16N2O6S. The number of nitrogens with one attached hydrogen (secondary N) is 1. The SMILES string of the molecule is Cc1cc(NC(=O)[C@H](C)OC(=O)c2ccc(S(C)(=O)=O)cc2)no1. The van der Waals surface area contributed by atoms with Crippen LogP contribution in [0, 0.1) is 6.92 Å². The van der Waals surface area contributed by atoms with E-state index in [4.69, 9.17) is 9.26 Å². The Morgan fingerprint density at radius 1 is 1.25 bits per heavy atom. The fourth-order valence-corrected chi connectivity index (χ4v) is 2.40. The first kappa shape index (κ1) is 17.7. The van der Waals surface area contributed by atoms with Crippen molar-refractivity contribution in [3.05, 3.63) is 41.7 Å². The van der Waals surface area contributed by atoms with Crippen LogP contribution < -0.4 is 5.32 Å². The summed E-state index contributed by atoms with van der Waals surface area (Å²) in [6, 6.07) is 6.77. The molecule has 1 aromatic carbocycles. The van der Waals surface area contributed by atoms with Crippen molar-refractivity contribution in [2.24, 2.45) is 0 Å². The number of aromatic nitrogens is 1. The van der Waals surface area contributed by atoms with Gasteiger partial charge in [0, 0.05) is 12.3 Å².